The topological polar surface area (TPSA) is 41.6 Å². The largest absolute Gasteiger partial charge is 0.492 e. The van der Waals surface area contributed by atoms with Crippen molar-refractivity contribution in [3.8, 4) is 5.75 Å². The van der Waals surface area contributed by atoms with Crippen LogP contribution < -0.4 is 10.1 Å². The first-order valence-electron chi connectivity index (χ1n) is 7.24. The minimum Gasteiger partial charge on any atom is -0.492 e. The minimum atomic E-state index is -0.0736. The number of thiophene rings is 1. The van der Waals surface area contributed by atoms with Gasteiger partial charge in [0.2, 0.25) is 0 Å². The lowest BCUT2D eigenvalue weighted by Crippen LogP contribution is -2.34. The normalized spacial score (nSPS) is 17.5. The molecule has 0 radical (unpaired) electrons. The van der Waals surface area contributed by atoms with Crippen molar-refractivity contribution in [2.75, 3.05) is 24.2 Å². The van der Waals surface area contributed by atoms with Crippen LogP contribution in [0.25, 0.3) is 0 Å². The molecule has 116 valence electrons. The van der Waals surface area contributed by atoms with E-state index in [2.05, 4.69) is 16.8 Å². The Morgan fingerprint density at radius 3 is 3.00 bits per heavy atom. The number of hydrogen-bond donors (Lipinski definition) is 1. The van der Waals surface area contributed by atoms with Crippen molar-refractivity contribution < 1.29 is 9.53 Å². The molecule has 2 aromatic rings. The maximum Gasteiger partial charge on any atom is 0.323 e. The highest BCUT2D eigenvalue weighted by atomic mass is 32.2. The van der Waals surface area contributed by atoms with Crippen molar-refractivity contribution in [3.63, 3.8) is 0 Å². The summed E-state index contributed by atoms with van der Waals surface area (Å²) in [5.41, 5.74) is 0.719. The fourth-order valence-corrected chi connectivity index (χ4v) is 4.62. The predicted octanol–water partition coefficient (Wildman–Crippen LogP) is 4.43. The lowest BCUT2D eigenvalue weighted by atomic mass is 10.3. The molecule has 3 rings (SSSR count). The second-order valence-corrected chi connectivity index (χ2v) is 6.96. The fourth-order valence-electron chi connectivity index (χ4n) is 2.38. The summed E-state index contributed by atoms with van der Waals surface area (Å²) in [6.07, 6.45) is 0. The molecule has 22 heavy (non-hydrogen) atoms. The number of anilines is 1. The Morgan fingerprint density at radius 2 is 2.23 bits per heavy atom. The first-order chi connectivity index (χ1) is 10.8. The Bertz CT molecular complexity index is 631. The van der Waals surface area contributed by atoms with Gasteiger partial charge >= 0.3 is 6.03 Å². The van der Waals surface area contributed by atoms with E-state index in [9.17, 15) is 4.79 Å². The van der Waals surface area contributed by atoms with E-state index in [1.54, 1.807) is 23.1 Å². The van der Waals surface area contributed by atoms with E-state index in [1.807, 2.05) is 42.2 Å². The summed E-state index contributed by atoms with van der Waals surface area (Å²) in [4.78, 5) is 15.7. The van der Waals surface area contributed by atoms with Gasteiger partial charge in [-0.2, -0.15) is 0 Å². The number of para-hydroxylation sites is 2. The van der Waals surface area contributed by atoms with Crippen molar-refractivity contribution in [1.29, 1.82) is 0 Å². The number of rotatable bonds is 4. The van der Waals surface area contributed by atoms with Crippen molar-refractivity contribution in [1.82, 2.24) is 4.90 Å². The first kappa shape index (κ1) is 15.2. The molecule has 1 aromatic heterocycles. The Morgan fingerprint density at radius 1 is 1.36 bits per heavy atom. The Balaban J connectivity index is 1.74. The number of nitrogens with zero attached hydrogens (tertiary/aromatic N) is 1. The zero-order valence-corrected chi connectivity index (χ0v) is 14.0. The van der Waals surface area contributed by atoms with Gasteiger partial charge in [0, 0.05) is 17.2 Å². The molecule has 0 bridgehead atoms. The van der Waals surface area contributed by atoms with Gasteiger partial charge in [-0.1, -0.05) is 18.2 Å². The zero-order valence-electron chi connectivity index (χ0n) is 12.3. The van der Waals surface area contributed by atoms with Gasteiger partial charge in [-0.25, -0.2) is 4.79 Å². The van der Waals surface area contributed by atoms with Crippen LogP contribution in [0.1, 0.15) is 17.2 Å². The van der Waals surface area contributed by atoms with E-state index in [0.29, 0.717) is 12.4 Å². The maximum absolute atomic E-state index is 12.6. The van der Waals surface area contributed by atoms with Crippen LogP contribution in [-0.2, 0) is 0 Å². The molecule has 1 saturated heterocycles. The van der Waals surface area contributed by atoms with Crippen LogP contribution in [0.15, 0.2) is 41.8 Å². The molecule has 1 atom stereocenters. The SMILES string of the molecule is CCOc1ccccc1NC(=O)N1CCS[C@@H]1c1cccs1. The van der Waals surface area contributed by atoms with Gasteiger partial charge in [-0.15, -0.1) is 23.1 Å². The lowest BCUT2D eigenvalue weighted by Gasteiger charge is -2.23. The average molecular weight is 334 g/mol. The van der Waals surface area contributed by atoms with Crippen molar-refractivity contribution >= 4 is 34.8 Å². The molecule has 1 fully saturated rings. The van der Waals surface area contributed by atoms with Gasteiger partial charge in [-0.3, -0.25) is 0 Å². The molecule has 0 spiro atoms. The number of thioether (sulfide) groups is 1. The standard InChI is InChI=1S/C16H18N2O2S2/c1-2-20-13-7-4-3-6-12(13)17-16(19)18-9-11-22-15(18)14-8-5-10-21-14/h3-8,10,15H,2,9,11H2,1H3,(H,17,19)/t15-/m1/s1. The van der Waals surface area contributed by atoms with Crippen molar-refractivity contribution in [2.45, 2.75) is 12.3 Å². The van der Waals surface area contributed by atoms with E-state index in [1.165, 1.54) is 4.88 Å². The molecule has 6 heteroatoms. The van der Waals surface area contributed by atoms with Gasteiger partial charge in [0.1, 0.15) is 11.1 Å². The van der Waals surface area contributed by atoms with Gasteiger partial charge < -0.3 is 15.0 Å². The average Bonchev–Trinajstić information content (AvgIpc) is 3.20. The first-order valence-corrected chi connectivity index (χ1v) is 9.17. The molecule has 0 saturated carbocycles. The van der Waals surface area contributed by atoms with Crippen LogP contribution in [0.5, 0.6) is 5.75 Å². The molecule has 0 unspecified atom stereocenters. The Kier molecular flexibility index (Phi) is 4.90. The number of urea groups is 1. The summed E-state index contributed by atoms with van der Waals surface area (Å²) in [6, 6.07) is 11.6. The van der Waals surface area contributed by atoms with Crippen molar-refractivity contribution in [3.05, 3.63) is 46.7 Å². The Labute approximate surface area is 138 Å². The van der Waals surface area contributed by atoms with Gasteiger partial charge in [0.15, 0.2) is 0 Å². The monoisotopic (exact) mass is 334 g/mol. The fraction of sp³-hybridized carbons (Fsp3) is 0.312. The van der Waals surface area contributed by atoms with Gasteiger partial charge in [-0.05, 0) is 30.5 Å². The van der Waals surface area contributed by atoms with E-state index in [4.69, 9.17) is 4.74 Å². The highest BCUT2D eigenvalue weighted by molar-refractivity contribution is 7.99. The summed E-state index contributed by atoms with van der Waals surface area (Å²) >= 11 is 3.50. The number of carbonyl (C=O) groups is 1. The smallest absolute Gasteiger partial charge is 0.323 e. The molecule has 1 N–H and O–H groups in total. The second kappa shape index (κ2) is 7.07. The number of hydrogen-bond acceptors (Lipinski definition) is 4. The molecule has 0 aliphatic carbocycles. The van der Waals surface area contributed by atoms with E-state index in [0.717, 1.165) is 18.0 Å². The van der Waals surface area contributed by atoms with Gasteiger partial charge in [0.05, 0.1) is 12.3 Å². The number of benzene rings is 1. The summed E-state index contributed by atoms with van der Waals surface area (Å²) in [6.45, 7) is 3.27. The van der Waals surface area contributed by atoms with Crippen LogP contribution in [0.2, 0.25) is 0 Å². The molecular weight excluding hydrogens is 316 g/mol. The number of nitrogens with one attached hydrogen (secondary N) is 1. The van der Waals surface area contributed by atoms with E-state index < -0.39 is 0 Å². The quantitative estimate of drug-likeness (QED) is 0.899. The van der Waals surface area contributed by atoms with E-state index in [-0.39, 0.29) is 11.4 Å². The predicted molar refractivity (Wildman–Crippen MR) is 92.9 cm³/mol. The van der Waals surface area contributed by atoms with Crippen molar-refractivity contribution in [2.24, 2.45) is 0 Å². The van der Waals surface area contributed by atoms with Crippen LogP contribution in [0.4, 0.5) is 10.5 Å². The van der Waals surface area contributed by atoms with E-state index >= 15 is 0 Å². The van der Waals surface area contributed by atoms with Gasteiger partial charge in [0.25, 0.3) is 0 Å². The summed E-state index contributed by atoms with van der Waals surface area (Å²) < 4.78 is 5.56. The zero-order chi connectivity index (χ0) is 15.4. The highest BCUT2D eigenvalue weighted by Crippen LogP contribution is 2.40. The summed E-state index contributed by atoms with van der Waals surface area (Å²) in [5.74, 6) is 1.67. The second-order valence-electron chi connectivity index (χ2n) is 4.79. The molecular formula is C16H18N2O2S2. The number of ether oxygens (including phenoxy) is 1. The third-order valence-corrected chi connectivity index (χ3v) is 5.68. The number of carbonyl (C=O) groups excluding carboxylic acids is 1. The molecule has 2 heterocycles. The van der Waals surface area contributed by atoms with Crippen LogP contribution in [-0.4, -0.2) is 29.8 Å². The number of amides is 2. The minimum absolute atomic E-state index is 0.0736. The van der Waals surface area contributed by atoms with Crippen LogP contribution in [0.3, 0.4) is 0 Å². The van der Waals surface area contributed by atoms with Crippen LogP contribution in [0, 0.1) is 0 Å². The van der Waals surface area contributed by atoms with Crippen LogP contribution >= 0.6 is 23.1 Å². The third kappa shape index (κ3) is 3.23. The summed E-state index contributed by atoms with van der Waals surface area (Å²) in [7, 11) is 0. The Hall–Kier alpha value is -1.66. The summed E-state index contributed by atoms with van der Waals surface area (Å²) in [5, 5.41) is 5.14. The molecule has 1 aromatic carbocycles. The molecule has 1 aliphatic heterocycles. The molecule has 2 amide bonds. The lowest BCUT2D eigenvalue weighted by molar-refractivity contribution is 0.214. The molecule has 1 aliphatic rings. The maximum atomic E-state index is 12.6. The third-order valence-electron chi connectivity index (χ3n) is 3.37. The highest BCUT2D eigenvalue weighted by Gasteiger charge is 2.31. The molecule has 4 nitrogen and oxygen atoms in total.